The molecule has 1 aromatic heterocycles. The number of halogens is 1. The Morgan fingerprint density at radius 3 is 2.32 bits per heavy atom. The average Bonchev–Trinajstić information content (AvgIpc) is 2.94. The summed E-state index contributed by atoms with van der Waals surface area (Å²) in [5.41, 5.74) is 3.10. The maximum Gasteiger partial charge on any atom is 0.259 e. The van der Waals surface area contributed by atoms with Crippen molar-refractivity contribution in [3.63, 3.8) is 0 Å². The molecular formula is C31H37BrN4O5. The zero-order valence-electron chi connectivity index (χ0n) is 24.2. The number of ether oxygens (including phenoxy) is 3. The summed E-state index contributed by atoms with van der Waals surface area (Å²) in [6, 6.07) is 12.6. The molecule has 0 atom stereocenters. The Labute approximate surface area is 249 Å². The van der Waals surface area contributed by atoms with Crippen LogP contribution in [0.25, 0.3) is 0 Å². The molecule has 2 N–H and O–H groups in total. The molecule has 41 heavy (non-hydrogen) atoms. The maximum absolute atomic E-state index is 13.3. The van der Waals surface area contributed by atoms with Crippen LogP contribution >= 0.6 is 15.9 Å². The van der Waals surface area contributed by atoms with Gasteiger partial charge in [-0.2, -0.15) is 0 Å². The quantitative estimate of drug-likeness (QED) is 0.316. The molecule has 218 valence electrons. The highest BCUT2D eigenvalue weighted by molar-refractivity contribution is 9.10. The van der Waals surface area contributed by atoms with Gasteiger partial charge in [0, 0.05) is 25.3 Å². The van der Waals surface area contributed by atoms with Crippen LogP contribution in [0.1, 0.15) is 52.7 Å². The molecule has 2 heterocycles. The predicted molar refractivity (Wildman–Crippen MR) is 163 cm³/mol. The number of aryl methyl sites for hydroxylation is 1. The molecule has 3 aromatic rings. The van der Waals surface area contributed by atoms with Gasteiger partial charge in [-0.1, -0.05) is 20.8 Å². The monoisotopic (exact) mass is 624 g/mol. The number of aromatic nitrogens is 1. The highest BCUT2D eigenvalue weighted by Crippen LogP contribution is 2.35. The molecule has 1 saturated heterocycles. The van der Waals surface area contributed by atoms with Crippen LogP contribution in [-0.4, -0.2) is 68.3 Å². The Hall–Kier alpha value is -3.47. The van der Waals surface area contributed by atoms with Crippen molar-refractivity contribution in [2.45, 2.75) is 33.1 Å². The number of anilines is 2. The van der Waals surface area contributed by atoms with Crippen LogP contribution < -0.4 is 20.1 Å². The summed E-state index contributed by atoms with van der Waals surface area (Å²) in [5.74, 6) is 0.468. The Bertz CT molecular complexity index is 1380. The summed E-state index contributed by atoms with van der Waals surface area (Å²) in [6.45, 7) is 12.8. The summed E-state index contributed by atoms with van der Waals surface area (Å²) in [5, 5.41) is 5.77. The van der Waals surface area contributed by atoms with E-state index >= 15 is 0 Å². The van der Waals surface area contributed by atoms with Gasteiger partial charge in [-0.25, -0.2) is 0 Å². The third-order valence-electron chi connectivity index (χ3n) is 6.84. The van der Waals surface area contributed by atoms with Crippen LogP contribution in [0.5, 0.6) is 11.5 Å². The molecule has 0 spiro atoms. The first-order valence-corrected chi connectivity index (χ1v) is 14.3. The third-order valence-corrected chi connectivity index (χ3v) is 7.43. The van der Waals surface area contributed by atoms with Crippen molar-refractivity contribution in [2.75, 3.05) is 57.2 Å². The number of hydrogen-bond donors (Lipinski definition) is 2. The van der Waals surface area contributed by atoms with Crippen molar-refractivity contribution in [3.8, 4) is 11.5 Å². The molecule has 2 amide bonds. The number of nitrogens with zero attached hydrogens (tertiary/aromatic N) is 2. The van der Waals surface area contributed by atoms with E-state index in [0.717, 1.165) is 44.2 Å². The van der Waals surface area contributed by atoms with E-state index in [1.54, 1.807) is 25.1 Å². The lowest BCUT2D eigenvalue weighted by Crippen LogP contribution is -2.38. The van der Waals surface area contributed by atoms with Crippen LogP contribution in [-0.2, 0) is 10.2 Å². The number of nitrogens with one attached hydrogen (secondary N) is 2. The van der Waals surface area contributed by atoms with Crippen LogP contribution in [0.4, 0.5) is 11.4 Å². The van der Waals surface area contributed by atoms with Crippen LogP contribution in [0, 0.1) is 6.92 Å². The van der Waals surface area contributed by atoms with Gasteiger partial charge in [0.05, 0.1) is 53.5 Å². The molecule has 1 aliphatic rings. The molecule has 9 nitrogen and oxygen atoms in total. The second-order valence-corrected chi connectivity index (χ2v) is 11.7. The van der Waals surface area contributed by atoms with E-state index in [9.17, 15) is 9.59 Å². The lowest BCUT2D eigenvalue weighted by Gasteiger charge is -2.26. The zero-order valence-corrected chi connectivity index (χ0v) is 25.8. The topological polar surface area (TPSA) is 102 Å². The molecular weight excluding hydrogens is 588 g/mol. The Morgan fingerprint density at radius 1 is 1.00 bits per heavy atom. The van der Waals surface area contributed by atoms with Crippen molar-refractivity contribution in [3.05, 3.63) is 75.5 Å². The lowest BCUT2D eigenvalue weighted by atomic mass is 9.86. The zero-order chi connectivity index (χ0) is 29.6. The normalized spacial score (nSPS) is 13.9. The van der Waals surface area contributed by atoms with Gasteiger partial charge in [0.25, 0.3) is 11.8 Å². The van der Waals surface area contributed by atoms with E-state index in [1.165, 1.54) is 13.3 Å². The van der Waals surface area contributed by atoms with Crippen LogP contribution in [0.3, 0.4) is 0 Å². The maximum atomic E-state index is 13.3. The van der Waals surface area contributed by atoms with Crippen molar-refractivity contribution in [1.82, 2.24) is 9.88 Å². The largest absolute Gasteiger partial charge is 0.495 e. The minimum atomic E-state index is -0.366. The van der Waals surface area contributed by atoms with Crippen molar-refractivity contribution >= 4 is 39.1 Å². The molecule has 4 rings (SSSR count). The standard InChI is InChI=1S/C31H37BrN4O5/c1-20-25(29(37)34-22-6-8-24(9-7-22)41-15-12-36-10-13-40-14-11-36)18-23(19-33-20)35-30(38)26-16-21(31(2,3)4)17-27(32)28(26)39-5/h6-9,16-19H,10-15H2,1-5H3,(H,34,37)(H,35,38). The second kappa shape index (κ2) is 13.5. The first-order valence-electron chi connectivity index (χ1n) is 13.6. The highest BCUT2D eigenvalue weighted by atomic mass is 79.9. The third kappa shape index (κ3) is 8.06. The van der Waals surface area contributed by atoms with Gasteiger partial charge < -0.3 is 24.8 Å². The van der Waals surface area contributed by atoms with Crippen molar-refractivity contribution in [2.24, 2.45) is 0 Å². The van der Waals surface area contributed by atoms with Gasteiger partial charge in [-0.3, -0.25) is 19.5 Å². The Kier molecular flexibility index (Phi) is 10.0. The number of pyridine rings is 1. The van der Waals surface area contributed by atoms with E-state index in [-0.39, 0.29) is 17.2 Å². The number of carbonyl (C=O) groups excluding carboxylic acids is 2. The molecule has 2 aromatic carbocycles. The van der Waals surface area contributed by atoms with Gasteiger partial charge in [0.2, 0.25) is 0 Å². The lowest BCUT2D eigenvalue weighted by molar-refractivity contribution is 0.0322. The molecule has 10 heteroatoms. The minimum Gasteiger partial charge on any atom is -0.495 e. The van der Waals surface area contributed by atoms with Crippen LogP contribution in [0.2, 0.25) is 0 Å². The molecule has 0 radical (unpaired) electrons. The number of benzene rings is 2. The fraction of sp³-hybridized carbons (Fsp3) is 0.387. The summed E-state index contributed by atoms with van der Waals surface area (Å²) >= 11 is 3.53. The van der Waals surface area contributed by atoms with Gasteiger partial charge in [0.1, 0.15) is 18.1 Å². The summed E-state index contributed by atoms with van der Waals surface area (Å²) in [4.78, 5) is 33.1. The number of morpholine rings is 1. The number of carbonyl (C=O) groups is 2. The molecule has 0 saturated carbocycles. The fourth-order valence-corrected chi connectivity index (χ4v) is 5.00. The van der Waals surface area contributed by atoms with E-state index in [4.69, 9.17) is 14.2 Å². The minimum absolute atomic E-state index is 0.173. The number of methoxy groups -OCH3 is 1. The van der Waals surface area contributed by atoms with Gasteiger partial charge in [-0.05, 0) is 76.3 Å². The van der Waals surface area contributed by atoms with Gasteiger partial charge in [0.15, 0.2) is 0 Å². The molecule has 0 aliphatic carbocycles. The Morgan fingerprint density at radius 2 is 1.66 bits per heavy atom. The van der Waals surface area contributed by atoms with Crippen molar-refractivity contribution < 1.29 is 23.8 Å². The van der Waals surface area contributed by atoms with Gasteiger partial charge in [-0.15, -0.1) is 0 Å². The molecule has 0 unspecified atom stereocenters. The summed E-state index contributed by atoms with van der Waals surface area (Å²) < 4.78 is 17.4. The highest BCUT2D eigenvalue weighted by Gasteiger charge is 2.23. The van der Waals surface area contributed by atoms with E-state index < -0.39 is 0 Å². The molecule has 0 bridgehead atoms. The molecule has 1 fully saturated rings. The first kappa shape index (κ1) is 30.5. The second-order valence-electron chi connectivity index (χ2n) is 10.9. The number of hydrogen-bond acceptors (Lipinski definition) is 7. The van der Waals surface area contributed by atoms with Crippen molar-refractivity contribution in [1.29, 1.82) is 0 Å². The first-order chi connectivity index (χ1) is 19.5. The average molecular weight is 626 g/mol. The van der Waals surface area contributed by atoms with E-state index in [2.05, 4.69) is 57.2 Å². The van der Waals surface area contributed by atoms with Gasteiger partial charge >= 0.3 is 0 Å². The molecule has 1 aliphatic heterocycles. The SMILES string of the molecule is COc1c(Br)cc(C(C)(C)C)cc1C(=O)Nc1cnc(C)c(C(=O)Nc2ccc(OCCN3CCOCC3)cc2)c1. The Balaban J connectivity index is 1.41. The number of amides is 2. The van der Waals surface area contributed by atoms with E-state index in [0.29, 0.717) is 45.0 Å². The number of rotatable bonds is 9. The smallest absolute Gasteiger partial charge is 0.259 e. The van der Waals surface area contributed by atoms with Crippen LogP contribution in [0.15, 0.2) is 53.1 Å². The van der Waals surface area contributed by atoms with E-state index in [1.807, 2.05) is 24.3 Å². The summed E-state index contributed by atoms with van der Waals surface area (Å²) in [7, 11) is 1.52. The predicted octanol–water partition coefficient (Wildman–Crippen LogP) is 5.67. The summed E-state index contributed by atoms with van der Waals surface area (Å²) in [6.07, 6.45) is 1.53. The fourth-order valence-electron chi connectivity index (χ4n) is 4.38.